The van der Waals surface area contributed by atoms with Crippen molar-refractivity contribution in [3.8, 4) is 11.1 Å². The largest absolute Gasteiger partial charge is 0.324 e. The van der Waals surface area contributed by atoms with Gasteiger partial charge in [-0.1, -0.05) is 29.8 Å². The van der Waals surface area contributed by atoms with Crippen LogP contribution in [0.1, 0.15) is 11.4 Å². The molecule has 2 aromatic rings. The molecule has 2 rings (SSSR count). The topological polar surface area (TPSA) is 51.8 Å². The average molecular weight is 236 g/mol. The van der Waals surface area contributed by atoms with Crippen LogP contribution in [0, 0.1) is 6.92 Å². The lowest BCUT2D eigenvalue weighted by molar-refractivity contribution is 0.910. The van der Waals surface area contributed by atoms with Crippen molar-refractivity contribution in [1.82, 2.24) is 9.97 Å². The highest BCUT2D eigenvalue weighted by Crippen LogP contribution is 2.17. The van der Waals surface area contributed by atoms with Crippen LogP contribution in [0.3, 0.4) is 0 Å². The quantitative estimate of drug-likeness (QED) is 0.869. The van der Waals surface area contributed by atoms with E-state index in [1.165, 1.54) is 5.56 Å². The number of hydrogen-bond donors (Lipinski definition) is 1. The molecule has 0 bridgehead atoms. The molecule has 0 aliphatic heterocycles. The Bertz CT molecular complexity index is 437. The second kappa shape index (κ2) is 5.58. The maximum Gasteiger partial charge on any atom is 0.141 e. The summed E-state index contributed by atoms with van der Waals surface area (Å²) < 4.78 is 0. The zero-order valence-electron chi connectivity index (χ0n) is 9.05. The van der Waals surface area contributed by atoms with Crippen molar-refractivity contribution in [1.29, 1.82) is 0 Å². The maximum atomic E-state index is 5.43. The zero-order valence-corrected chi connectivity index (χ0v) is 9.87. The molecule has 0 atom stereocenters. The number of halogens is 1. The Morgan fingerprint density at radius 3 is 2.06 bits per heavy atom. The molecular weight excluding hydrogens is 222 g/mol. The fraction of sp³-hybridized carbons (Fsp3) is 0.167. The van der Waals surface area contributed by atoms with E-state index in [0.717, 1.165) is 11.1 Å². The van der Waals surface area contributed by atoms with Gasteiger partial charge in [0.1, 0.15) is 5.82 Å². The minimum absolute atomic E-state index is 0. The highest BCUT2D eigenvalue weighted by Gasteiger charge is 1.98. The van der Waals surface area contributed by atoms with Crippen LogP contribution in [0.25, 0.3) is 11.1 Å². The summed E-state index contributed by atoms with van der Waals surface area (Å²) >= 11 is 0. The van der Waals surface area contributed by atoms with Gasteiger partial charge < -0.3 is 5.73 Å². The van der Waals surface area contributed by atoms with Gasteiger partial charge in [-0.15, -0.1) is 12.4 Å². The Hall–Kier alpha value is -1.45. The summed E-state index contributed by atoms with van der Waals surface area (Å²) in [6.07, 6.45) is 3.61. The van der Waals surface area contributed by atoms with E-state index < -0.39 is 0 Å². The summed E-state index contributed by atoms with van der Waals surface area (Å²) in [5, 5.41) is 0. The molecule has 0 aliphatic carbocycles. The van der Waals surface area contributed by atoms with E-state index in [9.17, 15) is 0 Å². The van der Waals surface area contributed by atoms with Crippen LogP contribution in [0.4, 0.5) is 0 Å². The predicted molar refractivity (Wildman–Crippen MR) is 67.3 cm³/mol. The molecule has 0 saturated carbocycles. The molecule has 0 fully saturated rings. The number of nitrogens with two attached hydrogens (primary N) is 1. The van der Waals surface area contributed by atoms with Gasteiger partial charge in [0, 0.05) is 18.0 Å². The zero-order chi connectivity index (χ0) is 10.7. The minimum atomic E-state index is 0. The van der Waals surface area contributed by atoms with E-state index in [-0.39, 0.29) is 12.4 Å². The van der Waals surface area contributed by atoms with Gasteiger partial charge in [0.2, 0.25) is 0 Å². The molecule has 0 aliphatic rings. The smallest absolute Gasteiger partial charge is 0.141 e. The molecule has 2 N–H and O–H groups in total. The number of rotatable bonds is 2. The lowest BCUT2D eigenvalue weighted by atomic mass is 10.1. The third-order valence-electron chi connectivity index (χ3n) is 2.27. The van der Waals surface area contributed by atoms with E-state index in [4.69, 9.17) is 5.73 Å². The first-order valence-electron chi connectivity index (χ1n) is 4.87. The van der Waals surface area contributed by atoms with Crippen molar-refractivity contribution >= 4 is 12.4 Å². The van der Waals surface area contributed by atoms with E-state index >= 15 is 0 Å². The van der Waals surface area contributed by atoms with E-state index in [0.29, 0.717) is 12.4 Å². The molecule has 1 aromatic carbocycles. The molecule has 0 spiro atoms. The molecule has 3 nitrogen and oxygen atoms in total. The second-order valence-electron chi connectivity index (χ2n) is 3.46. The van der Waals surface area contributed by atoms with Gasteiger partial charge in [-0.25, -0.2) is 9.97 Å². The van der Waals surface area contributed by atoms with E-state index in [2.05, 4.69) is 41.2 Å². The monoisotopic (exact) mass is 235 g/mol. The number of aromatic nitrogens is 2. The van der Waals surface area contributed by atoms with Crippen LogP contribution in [0.2, 0.25) is 0 Å². The molecule has 4 heteroatoms. The molecule has 1 heterocycles. The Kier molecular flexibility index (Phi) is 4.40. The summed E-state index contributed by atoms with van der Waals surface area (Å²) in [4.78, 5) is 8.32. The van der Waals surface area contributed by atoms with Crippen LogP contribution in [-0.4, -0.2) is 9.97 Å². The first-order valence-corrected chi connectivity index (χ1v) is 4.87. The average Bonchev–Trinajstić information content (AvgIpc) is 2.30. The standard InChI is InChI=1S/C12H13N3.ClH/c1-9-2-4-10(5-3-9)11-7-14-12(6-13)15-8-11;/h2-5,7-8H,6,13H2,1H3;1H. The summed E-state index contributed by atoms with van der Waals surface area (Å²) in [5.41, 5.74) is 8.83. The van der Waals surface area contributed by atoms with Crippen molar-refractivity contribution < 1.29 is 0 Å². The molecule has 0 unspecified atom stereocenters. The Morgan fingerprint density at radius 2 is 1.56 bits per heavy atom. The molecular formula is C12H14ClN3. The second-order valence-corrected chi connectivity index (χ2v) is 3.46. The van der Waals surface area contributed by atoms with Gasteiger partial charge in [0.25, 0.3) is 0 Å². The Labute approximate surface area is 101 Å². The molecule has 1 aromatic heterocycles. The predicted octanol–water partition coefficient (Wildman–Crippen LogP) is 2.33. The SMILES string of the molecule is Cc1ccc(-c2cnc(CN)nc2)cc1.Cl. The van der Waals surface area contributed by atoms with Crippen molar-refractivity contribution in [3.63, 3.8) is 0 Å². The van der Waals surface area contributed by atoms with Gasteiger partial charge in [-0.3, -0.25) is 0 Å². The number of hydrogen-bond acceptors (Lipinski definition) is 3. The van der Waals surface area contributed by atoms with Crippen LogP contribution >= 0.6 is 12.4 Å². The van der Waals surface area contributed by atoms with Gasteiger partial charge in [0.05, 0.1) is 6.54 Å². The summed E-state index contributed by atoms with van der Waals surface area (Å²) in [5.74, 6) is 0.672. The molecule has 0 radical (unpaired) electrons. The fourth-order valence-corrected chi connectivity index (χ4v) is 1.36. The van der Waals surface area contributed by atoms with Crippen LogP contribution in [0.5, 0.6) is 0 Å². The van der Waals surface area contributed by atoms with Gasteiger partial charge in [-0.2, -0.15) is 0 Å². The third-order valence-corrected chi connectivity index (χ3v) is 2.27. The first-order chi connectivity index (χ1) is 7.29. The lowest BCUT2D eigenvalue weighted by Crippen LogP contribution is -2.02. The highest BCUT2D eigenvalue weighted by atomic mass is 35.5. The van der Waals surface area contributed by atoms with Crippen LogP contribution in [-0.2, 0) is 6.54 Å². The summed E-state index contributed by atoms with van der Waals surface area (Å²) in [7, 11) is 0. The highest BCUT2D eigenvalue weighted by molar-refractivity contribution is 5.85. The van der Waals surface area contributed by atoms with Crippen LogP contribution in [0.15, 0.2) is 36.7 Å². The number of benzene rings is 1. The van der Waals surface area contributed by atoms with Crippen molar-refractivity contribution in [3.05, 3.63) is 48.0 Å². The summed E-state index contributed by atoms with van der Waals surface area (Å²) in [6.45, 7) is 2.45. The fourth-order valence-electron chi connectivity index (χ4n) is 1.36. The van der Waals surface area contributed by atoms with Crippen molar-refractivity contribution in [2.75, 3.05) is 0 Å². The van der Waals surface area contributed by atoms with Gasteiger partial charge >= 0.3 is 0 Å². The van der Waals surface area contributed by atoms with Crippen molar-refractivity contribution in [2.45, 2.75) is 13.5 Å². The Balaban J connectivity index is 0.00000128. The van der Waals surface area contributed by atoms with E-state index in [1.807, 2.05) is 0 Å². The van der Waals surface area contributed by atoms with Gasteiger partial charge in [0.15, 0.2) is 0 Å². The maximum absolute atomic E-state index is 5.43. The van der Waals surface area contributed by atoms with Crippen LogP contribution < -0.4 is 5.73 Å². The molecule has 16 heavy (non-hydrogen) atoms. The normalized spacial score (nSPS) is 9.62. The van der Waals surface area contributed by atoms with Crippen molar-refractivity contribution in [2.24, 2.45) is 5.73 Å². The molecule has 0 saturated heterocycles. The minimum Gasteiger partial charge on any atom is -0.324 e. The number of nitrogens with zero attached hydrogens (tertiary/aromatic N) is 2. The molecule has 84 valence electrons. The number of aryl methyl sites for hydroxylation is 1. The lowest BCUT2D eigenvalue weighted by Gasteiger charge is -2.02. The van der Waals surface area contributed by atoms with E-state index in [1.54, 1.807) is 12.4 Å². The molecule has 0 amide bonds. The first kappa shape index (κ1) is 12.6. The van der Waals surface area contributed by atoms with Gasteiger partial charge in [-0.05, 0) is 12.5 Å². The summed E-state index contributed by atoms with van der Waals surface area (Å²) in [6, 6.07) is 8.28. The Morgan fingerprint density at radius 1 is 1.00 bits per heavy atom. The third kappa shape index (κ3) is 2.78.